The molecule has 0 radical (unpaired) electrons. The highest BCUT2D eigenvalue weighted by Gasteiger charge is 2.22. The maximum absolute atomic E-state index is 11.0. The summed E-state index contributed by atoms with van der Waals surface area (Å²) >= 11 is 0. The molecular formula is C10H18N2O. The minimum absolute atomic E-state index is 0.438. The maximum atomic E-state index is 11.0. The molecular weight excluding hydrogens is 164 g/mol. The van der Waals surface area contributed by atoms with E-state index in [2.05, 4.69) is 10.0 Å². The SMILES string of the molecule is O=C1CCN(N2CCCCC2)CC1. The van der Waals surface area contributed by atoms with E-state index in [-0.39, 0.29) is 0 Å². The van der Waals surface area contributed by atoms with Crippen LogP contribution in [0.1, 0.15) is 32.1 Å². The first-order valence-electron chi connectivity index (χ1n) is 5.38. The van der Waals surface area contributed by atoms with E-state index >= 15 is 0 Å². The van der Waals surface area contributed by atoms with Crippen LogP contribution in [0.3, 0.4) is 0 Å². The lowest BCUT2D eigenvalue weighted by atomic mass is 10.1. The van der Waals surface area contributed by atoms with Gasteiger partial charge in [-0.25, -0.2) is 10.0 Å². The van der Waals surface area contributed by atoms with Gasteiger partial charge in [0, 0.05) is 39.0 Å². The third kappa shape index (κ3) is 2.29. The summed E-state index contributed by atoms with van der Waals surface area (Å²) in [5, 5.41) is 4.82. The van der Waals surface area contributed by atoms with Crippen molar-refractivity contribution in [2.24, 2.45) is 0 Å². The molecule has 2 heterocycles. The second-order valence-corrected chi connectivity index (χ2v) is 4.01. The van der Waals surface area contributed by atoms with Crippen molar-refractivity contribution in [1.82, 2.24) is 10.0 Å². The number of ketones is 1. The summed E-state index contributed by atoms with van der Waals surface area (Å²) in [5.41, 5.74) is 0. The quantitative estimate of drug-likeness (QED) is 0.605. The number of carbonyl (C=O) groups is 1. The van der Waals surface area contributed by atoms with E-state index in [1.165, 1.54) is 32.4 Å². The van der Waals surface area contributed by atoms with E-state index in [0.29, 0.717) is 5.78 Å². The van der Waals surface area contributed by atoms with Crippen LogP contribution < -0.4 is 0 Å². The molecule has 2 fully saturated rings. The average molecular weight is 182 g/mol. The van der Waals surface area contributed by atoms with Crippen LogP contribution in [0.4, 0.5) is 0 Å². The highest BCUT2D eigenvalue weighted by atomic mass is 16.1. The first kappa shape index (κ1) is 9.16. The number of Topliss-reactive ketones (excluding diaryl/α,β-unsaturated/α-hetero) is 1. The Kier molecular flexibility index (Phi) is 2.96. The van der Waals surface area contributed by atoms with Crippen molar-refractivity contribution in [2.75, 3.05) is 26.2 Å². The molecule has 0 amide bonds. The number of nitrogens with zero attached hydrogens (tertiary/aromatic N) is 2. The minimum atomic E-state index is 0.438. The fourth-order valence-corrected chi connectivity index (χ4v) is 2.19. The lowest BCUT2D eigenvalue weighted by Crippen LogP contribution is -2.49. The monoisotopic (exact) mass is 182 g/mol. The molecule has 3 heteroatoms. The van der Waals surface area contributed by atoms with Crippen molar-refractivity contribution >= 4 is 5.78 Å². The smallest absolute Gasteiger partial charge is 0.135 e. The standard InChI is InChI=1S/C10H18N2O/c13-10-4-8-12(9-5-10)11-6-2-1-3-7-11/h1-9H2. The van der Waals surface area contributed by atoms with Crippen LogP contribution >= 0.6 is 0 Å². The van der Waals surface area contributed by atoms with Gasteiger partial charge < -0.3 is 0 Å². The molecule has 0 saturated carbocycles. The summed E-state index contributed by atoms with van der Waals surface area (Å²) in [5.74, 6) is 0.438. The van der Waals surface area contributed by atoms with E-state index < -0.39 is 0 Å². The molecule has 0 aromatic carbocycles. The molecule has 13 heavy (non-hydrogen) atoms. The summed E-state index contributed by atoms with van der Waals surface area (Å²) in [6, 6.07) is 0. The Morgan fingerprint density at radius 1 is 0.769 bits per heavy atom. The Labute approximate surface area is 79.7 Å². The Morgan fingerprint density at radius 3 is 1.92 bits per heavy atom. The minimum Gasteiger partial charge on any atom is -0.300 e. The number of hydrazine groups is 1. The zero-order valence-electron chi connectivity index (χ0n) is 8.17. The molecule has 2 saturated heterocycles. The van der Waals surface area contributed by atoms with Gasteiger partial charge in [0.15, 0.2) is 0 Å². The van der Waals surface area contributed by atoms with E-state index in [4.69, 9.17) is 0 Å². The maximum Gasteiger partial charge on any atom is 0.135 e. The van der Waals surface area contributed by atoms with Gasteiger partial charge in [0.25, 0.3) is 0 Å². The first-order valence-corrected chi connectivity index (χ1v) is 5.38. The Bertz CT molecular complexity index is 177. The molecule has 2 aliphatic rings. The number of hydrogen-bond acceptors (Lipinski definition) is 3. The molecule has 2 rings (SSSR count). The van der Waals surface area contributed by atoms with Gasteiger partial charge in [-0.2, -0.15) is 0 Å². The largest absolute Gasteiger partial charge is 0.300 e. The molecule has 2 aliphatic heterocycles. The highest BCUT2D eigenvalue weighted by molar-refractivity contribution is 5.79. The van der Waals surface area contributed by atoms with Crippen molar-refractivity contribution in [3.05, 3.63) is 0 Å². The summed E-state index contributed by atoms with van der Waals surface area (Å²) < 4.78 is 0. The molecule has 0 aliphatic carbocycles. The predicted octanol–water partition coefficient (Wildman–Crippen LogP) is 1.05. The van der Waals surface area contributed by atoms with Crippen LogP contribution in [-0.4, -0.2) is 42.0 Å². The predicted molar refractivity (Wildman–Crippen MR) is 51.2 cm³/mol. The van der Waals surface area contributed by atoms with Crippen LogP contribution in [0.5, 0.6) is 0 Å². The van der Waals surface area contributed by atoms with Crippen molar-refractivity contribution in [3.63, 3.8) is 0 Å². The topological polar surface area (TPSA) is 23.6 Å². The Hall–Kier alpha value is -0.410. The number of rotatable bonds is 1. The molecule has 0 spiro atoms. The normalized spacial score (nSPS) is 27.8. The summed E-state index contributed by atoms with van der Waals surface area (Å²) in [6.45, 7) is 4.32. The van der Waals surface area contributed by atoms with Crippen LogP contribution in [0.25, 0.3) is 0 Å². The number of piperidine rings is 2. The third-order valence-electron chi connectivity index (χ3n) is 3.03. The number of carbonyl (C=O) groups excluding carboxylic acids is 1. The second-order valence-electron chi connectivity index (χ2n) is 4.01. The second kappa shape index (κ2) is 4.20. The van der Waals surface area contributed by atoms with Gasteiger partial charge in [0.1, 0.15) is 5.78 Å². The van der Waals surface area contributed by atoms with Gasteiger partial charge in [0.2, 0.25) is 0 Å². The first-order chi connectivity index (χ1) is 6.36. The molecule has 0 atom stereocenters. The van der Waals surface area contributed by atoms with Crippen LogP contribution in [0, 0.1) is 0 Å². The van der Waals surface area contributed by atoms with Crippen molar-refractivity contribution < 1.29 is 4.79 Å². The van der Waals surface area contributed by atoms with E-state index in [1.54, 1.807) is 0 Å². The lowest BCUT2D eigenvalue weighted by molar-refractivity contribution is -0.127. The van der Waals surface area contributed by atoms with Gasteiger partial charge in [0.05, 0.1) is 0 Å². The highest BCUT2D eigenvalue weighted by Crippen LogP contribution is 2.15. The third-order valence-corrected chi connectivity index (χ3v) is 3.03. The number of hydrogen-bond donors (Lipinski definition) is 0. The van der Waals surface area contributed by atoms with Gasteiger partial charge in [-0.15, -0.1) is 0 Å². The fraction of sp³-hybridized carbons (Fsp3) is 0.900. The summed E-state index contributed by atoms with van der Waals surface area (Å²) in [4.78, 5) is 11.0. The average Bonchev–Trinajstić information content (AvgIpc) is 2.20. The zero-order valence-corrected chi connectivity index (χ0v) is 8.17. The Balaban J connectivity index is 1.82. The Morgan fingerprint density at radius 2 is 1.31 bits per heavy atom. The van der Waals surface area contributed by atoms with Gasteiger partial charge in [-0.3, -0.25) is 4.79 Å². The van der Waals surface area contributed by atoms with E-state index in [1.807, 2.05) is 0 Å². The van der Waals surface area contributed by atoms with Crippen molar-refractivity contribution in [3.8, 4) is 0 Å². The van der Waals surface area contributed by atoms with E-state index in [9.17, 15) is 4.79 Å². The summed E-state index contributed by atoms with van der Waals surface area (Å²) in [6.07, 6.45) is 5.55. The summed E-state index contributed by atoms with van der Waals surface area (Å²) in [7, 11) is 0. The van der Waals surface area contributed by atoms with Gasteiger partial charge >= 0.3 is 0 Å². The molecule has 3 nitrogen and oxygen atoms in total. The lowest BCUT2D eigenvalue weighted by Gasteiger charge is -2.39. The van der Waals surface area contributed by atoms with Gasteiger partial charge in [-0.05, 0) is 12.8 Å². The zero-order chi connectivity index (χ0) is 9.10. The molecule has 74 valence electrons. The van der Waals surface area contributed by atoms with Crippen LogP contribution in [0.15, 0.2) is 0 Å². The molecule has 0 aromatic rings. The van der Waals surface area contributed by atoms with Crippen molar-refractivity contribution in [2.45, 2.75) is 32.1 Å². The van der Waals surface area contributed by atoms with E-state index in [0.717, 1.165) is 25.9 Å². The van der Waals surface area contributed by atoms with Crippen molar-refractivity contribution in [1.29, 1.82) is 0 Å². The molecule has 0 unspecified atom stereocenters. The van der Waals surface area contributed by atoms with Gasteiger partial charge in [-0.1, -0.05) is 6.42 Å². The molecule has 0 aromatic heterocycles. The molecule has 0 N–H and O–H groups in total. The van der Waals surface area contributed by atoms with Crippen LogP contribution in [-0.2, 0) is 4.79 Å². The fourth-order valence-electron chi connectivity index (χ4n) is 2.19. The van der Waals surface area contributed by atoms with Crippen LogP contribution in [0.2, 0.25) is 0 Å². The molecule has 0 bridgehead atoms.